The molecule has 20 heavy (non-hydrogen) atoms. The van der Waals surface area contributed by atoms with Crippen molar-refractivity contribution < 1.29 is 4.74 Å². The Hall–Kier alpha value is -2.08. The van der Waals surface area contributed by atoms with Gasteiger partial charge in [0.25, 0.3) is 0 Å². The lowest BCUT2D eigenvalue weighted by molar-refractivity contribution is 0.0911. The molecule has 0 spiro atoms. The Morgan fingerprint density at radius 3 is 2.70 bits per heavy atom. The number of ether oxygens (including phenoxy) is 1. The van der Waals surface area contributed by atoms with Crippen molar-refractivity contribution >= 4 is 5.82 Å². The Balaban J connectivity index is 1.67. The number of hydrogen-bond donors (Lipinski definition) is 0. The maximum atomic E-state index is 5.60. The molecular weight excluding hydrogens is 254 g/mol. The van der Waals surface area contributed by atoms with Crippen molar-refractivity contribution in [3.05, 3.63) is 42.9 Å². The van der Waals surface area contributed by atoms with Gasteiger partial charge in [0.15, 0.2) is 0 Å². The minimum Gasteiger partial charge on any atom is -0.377 e. The Morgan fingerprint density at radius 2 is 1.95 bits per heavy atom. The second kappa shape index (κ2) is 6.38. The molecule has 0 radical (unpaired) electrons. The van der Waals surface area contributed by atoms with Crippen LogP contribution in [-0.4, -0.2) is 45.7 Å². The predicted octanol–water partition coefficient (Wildman–Crippen LogP) is 1.10. The highest BCUT2D eigenvalue weighted by Gasteiger charge is 2.24. The fraction of sp³-hybridized carbons (Fsp3) is 0.429. The molecule has 6 nitrogen and oxygen atoms in total. The predicted molar refractivity (Wildman–Crippen MR) is 74.3 cm³/mol. The molecule has 0 aromatic carbocycles. The van der Waals surface area contributed by atoms with Gasteiger partial charge >= 0.3 is 0 Å². The molecular formula is C14H17N5O. The monoisotopic (exact) mass is 271 g/mol. The SMILES string of the molecule is c1cnc(CC[C@@H]2COCCN2c2cnccn2)cn1. The molecule has 0 unspecified atom stereocenters. The third kappa shape index (κ3) is 3.08. The van der Waals surface area contributed by atoms with Gasteiger partial charge in [0.2, 0.25) is 0 Å². The molecule has 2 aromatic rings. The lowest BCUT2D eigenvalue weighted by Gasteiger charge is -2.36. The average molecular weight is 271 g/mol. The topological polar surface area (TPSA) is 64.0 Å². The van der Waals surface area contributed by atoms with Gasteiger partial charge in [-0.05, 0) is 12.8 Å². The Kier molecular flexibility index (Phi) is 4.13. The zero-order valence-electron chi connectivity index (χ0n) is 11.2. The summed E-state index contributed by atoms with van der Waals surface area (Å²) >= 11 is 0. The van der Waals surface area contributed by atoms with E-state index in [2.05, 4.69) is 24.8 Å². The molecule has 0 aliphatic carbocycles. The smallest absolute Gasteiger partial charge is 0.147 e. The van der Waals surface area contributed by atoms with E-state index in [1.807, 2.05) is 6.20 Å². The fourth-order valence-corrected chi connectivity index (χ4v) is 2.41. The van der Waals surface area contributed by atoms with E-state index in [1.54, 1.807) is 31.0 Å². The van der Waals surface area contributed by atoms with E-state index in [4.69, 9.17) is 4.74 Å². The van der Waals surface area contributed by atoms with Crippen LogP contribution in [0.4, 0.5) is 5.82 Å². The minimum absolute atomic E-state index is 0.308. The van der Waals surface area contributed by atoms with Crippen LogP contribution in [0.25, 0.3) is 0 Å². The molecule has 1 atom stereocenters. The quantitative estimate of drug-likeness (QED) is 0.830. The summed E-state index contributed by atoms with van der Waals surface area (Å²) in [6, 6.07) is 0.308. The summed E-state index contributed by atoms with van der Waals surface area (Å²) in [6.07, 6.45) is 12.3. The van der Waals surface area contributed by atoms with Crippen LogP contribution >= 0.6 is 0 Å². The molecule has 1 saturated heterocycles. The minimum atomic E-state index is 0.308. The van der Waals surface area contributed by atoms with Crippen LogP contribution in [-0.2, 0) is 11.2 Å². The van der Waals surface area contributed by atoms with E-state index in [-0.39, 0.29) is 0 Å². The van der Waals surface area contributed by atoms with Crippen molar-refractivity contribution in [2.45, 2.75) is 18.9 Å². The molecule has 1 aliphatic rings. The lowest BCUT2D eigenvalue weighted by Crippen LogP contribution is -2.46. The molecule has 0 N–H and O–H groups in total. The molecule has 2 aromatic heterocycles. The molecule has 3 rings (SSSR count). The third-order valence-corrected chi connectivity index (χ3v) is 3.42. The van der Waals surface area contributed by atoms with Crippen LogP contribution in [0.1, 0.15) is 12.1 Å². The van der Waals surface area contributed by atoms with Gasteiger partial charge in [0, 0.05) is 37.5 Å². The van der Waals surface area contributed by atoms with Gasteiger partial charge in [-0.3, -0.25) is 15.0 Å². The maximum absolute atomic E-state index is 5.60. The first-order valence-electron chi connectivity index (χ1n) is 6.79. The Labute approximate surface area is 117 Å². The zero-order chi connectivity index (χ0) is 13.6. The van der Waals surface area contributed by atoms with E-state index in [0.29, 0.717) is 6.04 Å². The molecule has 104 valence electrons. The molecule has 0 saturated carbocycles. The van der Waals surface area contributed by atoms with E-state index < -0.39 is 0 Å². The summed E-state index contributed by atoms with van der Waals surface area (Å²) in [6.45, 7) is 2.30. The van der Waals surface area contributed by atoms with Crippen molar-refractivity contribution in [3.63, 3.8) is 0 Å². The van der Waals surface area contributed by atoms with E-state index >= 15 is 0 Å². The van der Waals surface area contributed by atoms with Crippen molar-refractivity contribution in [3.8, 4) is 0 Å². The number of morpholine rings is 1. The van der Waals surface area contributed by atoms with Crippen molar-refractivity contribution in [2.24, 2.45) is 0 Å². The number of hydrogen-bond acceptors (Lipinski definition) is 6. The first kappa shape index (κ1) is 12.9. The average Bonchev–Trinajstić information content (AvgIpc) is 2.55. The van der Waals surface area contributed by atoms with Crippen LogP contribution < -0.4 is 4.90 Å². The first-order chi connectivity index (χ1) is 9.93. The van der Waals surface area contributed by atoms with E-state index in [0.717, 1.165) is 44.1 Å². The Morgan fingerprint density at radius 1 is 1.10 bits per heavy atom. The van der Waals surface area contributed by atoms with Crippen molar-refractivity contribution in [2.75, 3.05) is 24.7 Å². The van der Waals surface area contributed by atoms with Gasteiger partial charge in [0.1, 0.15) is 5.82 Å². The van der Waals surface area contributed by atoms with Gasteiger partial charge in [0.05, 0.1) is 31.1 Å². The lowest BCUT2D eigenvalue weighted by atomic mass is 10.1. The summed E-state index contributed by atoms with van der Waals surface area (Å²) < 4.78 is 5.60. The van der Waals surface area contributed by atoms with Crippen molar-refractivity contribution in [1.29, 1.82) is 0 Å². The first-order valence-corrected chi connectivity index (χ1v) is 6.79. The van der Waals surface area contributed by atoms with Gasteiger partial charge in [-0.1, -0.05) is 0 Å². The molecule has 6 heteroatoms. The number of anilines is 1. The van der Waals surface area contributed by atoms with Crippen LogP contribution in [0.15, 0.2) is 37.2 Å². The Bertz CT molecular complexity index is 522. The molecule has 3 heterocycles. The molecule has 1 aliphatic heterocycles. The normalized spacial score (nSPS) is 19.0. The standard InChI is InChI=1S/C14H17N5O/c1(12-9-15-3-5-17-12)2-13-11-20-8-7-19(13)14-10-16-4-6-18-14/h3-6,9-10,13H,1-2,7-8,11H2/t13-/m1/s1. The third-order valence-electron chi connectivity index (χ3n) is 3.42. The summed E-state index contributed by atoms with van der Waals surface area (Å²) in [5, 5.41) is 0. The van der Waals surface area contributed by atoms with Crippen LogP contribution in [0.5, 0.6) is 0 Å². The molecule has 0 amide bonds. The second-order valence-corrected chi connectivity index (χ2v) is 4.72. The van der Waals surface area contributed by atoms with Gasteiger partial charge in [-0.25, -0.2) is 4.98 Å². The summed E-state index contributed by atoms with van der Waals surface area (Å²) in [7, 11) is 0. The number of nitrogens with zero attached hydrogens (tertiary/aromatic N) is 5. The number of aryl methyl sites for hydroxylation is 1. The second-order valence-electron chi connectivity index (χ2n) is 4.72. The van der Waals surface area contributed by atoms with Crippen LogP contribution in [0.2, 0.25) is 0 Å². The highest BCUT2D eigenvalue weighted by Crippen LogP contribution is 2.19. The van der Waals surface area contributed by atoms with Gasteiger partial charge in [-0.2, -0.15) is 0 Å². The zero-order valence-corrected chi connectivity index (χ0v) is 11.2. The van der Waals surface area contributed by atoms with Crippen molar-refractivity contribution in [1.82, 2.24) is 19.9 Å². The van der Waals surface area contributed by atoms with Crippen LogP contribution in [0.3, 0.4) is 0 Å². The van der Waals surface area contributed by atoms with E-state index in [9.17, 15) is 0 Å². The van der Waals surface area contributed by atoms with Crippen LogP contribution in [0, 0.1) is 0 Å². The number of rotatable bonds is 4. The summed E-state index contributed by atoms with van der Waals surface area (Å²) in [5.41, 5.74) is 1.01. The van der Waals surface area contributed by atoms with Gasteiger partial charge in [-0.15, -0.1) is 0 Å². The fourth-order valence-electron chi connectivity index (χ4n) is 2.41. The largest absolute Gasteiger partial charge is 0.377 e. The summed E-state index contributed by atoms with van der Waals surface area (Å²) in [4.78, 5) is 19.2. The summed E-state index contributed by atoms with van der Waals surface area (Å²) in [5.74, 6) is 0.917. The highest BCUT2D eigenvalue weighted by atomic mass is 16.5. The maximum Gasteiger partial charge on any atom is 0.147 e. The molecule has 0 bridgehead atoms. The number of aromatic nitrogens is 4. The van der Waals surface area contributed by atoms with E-state index in [1.165, 1.54) is 0 Å². The molecule has 1 fully saturated rings. The van der Waals surface area contributed by atoms with Gasteiger partial charge < -0.3 is 9.64 Å². The highest BCUT2D eigenvalue weighted by molar-refractivity contribution is 5.37.